The predicted molar refractivity (Wildman–Crippen MR) is 222 cm³/mol. The van der Waals surface area contributed by atoms with Crippen LogP contribution in [0.5, 0.6) is 0 Å². The van der Waals surface area contributed by atoms with Gasteiger partial charge in [0.15, 0.2) is 0 Å². The van der Waals surface area contributed by atoms with E-state index in [1.165, 1.54) is 43.6 Å². The fourth-order valence-corrected chi connectivity index (χ4v) is 8.74. The van der Waals surface area contributed by atoms with E-state index < -0.39 is 0 Å². The maximum atomic E-state index is 10.5. The van der Waals surface area contributed by atoms with Crippen molar-refractivity contribution < 1.29 is 0 Å². The van der Waals surface area contributed by atoms with Crippen molar-refractivity contribution in [3.63, 3.8) is 0 Å². The average molecular weight is 690 g/mol. The number of para-hydroxylation sites is 4. The molecular weight excluding hydrogens is 659 g/mol. The van der Waals surface area contributed by atoms with E-state index in [2.05, 4.69) is 171 Å². The van der Waals surface area contributed by atoms with E-state index >= 15 is 0 Å². The van der Waals surface area contributed by atoms with Crippen LogP contribution < -0.4 is 0 Å². The van der Waals surface area contributed by atoms with Crippen LogP contribution in [0.4, 0.5) is 0 Å². The second-order valence-electron chi connectivity index (χ2n) is 14.0. The van der Waals surface area contributed by atoms with Crippen molar-refractivity contribution in [3.8, 4) is 34.3 Å². The summed E-state index contributed by atoms with van der Waals surface area (Å²) < 4.78 is 7.10. The summed E-state index contributed by atoms with van der Waals surface area (Å²) in [6, 6.07) is 58.9. The van der Waals surface area contributed by atoms with Crippen molar-refractivity contribution in [2.75, 3.05) is 0 Å². The van der Waals surface area contributed by atoms with E-state index in [0.717, 1.165) is 55.6 Å². The Labute approximate surface area is 310 Å². The Morgan fingerprint density at radius 2 is 0.870 bits per heavy atom. The molecule has 4 heterocycles. The number of pyridine rings is 1. The van der Waals surface area contributed by atoms with Gasteiger partial charge < -0.3 is 13.7 Å². The Kier molecular flexibility index (Phi) is 6.46. The molecule has 0 aliphatic rings. The van der Waals surface area contributed by atoms with Gasteiger partial charge in [-0.2, -0.15) is 5.26 Å². The standard InChI is InChI=1S/C49H31N5/c1-31-26-40(32-22-24-51-25-23-32)33(30-50)27-49(31)54-47-20-18-34(52-43-14-6-2-10-36(43)37-11-3-7-15-44(37)52)28-41(47)42-29-35(19-21-48(42)54)53-45-16-8-4-12-38(45)39-13-5-9-17-46(39)53/h2-29H,1H3. The summed E-state index contributed by atoms with van der Waals surface area (Å²) in [6.07, 6.45) is 3.55. The van der Waals surface area contributed by atoms with Gasteiger partial charge in [-0.05, 0) is 109 Å². The number of nitrogens with zero attached hydrogens (tertiary/aromatic N) is 5. The molecule has 0 spiro atoms. The van der Waals surface area contributed by atoms with Gasteiger partial charge in [-0.3, -0.25) is 4.98 Å². The second kappa shape index (κ2) is 11.5. The molecule has 0 aliphatic heterocycles. The molecule has 0 N–H and O–H groups in total. The number of benzene rings is 7. The maximum Gasteiger partial charge on any atom is 0.0998 e. The van der Waals surface area contributed by atoms with Gasteiger partial charge in [0, 0.05) is 56.1 Å². The number of rotatable bonds is 4. The molecule has 0 saturated carbocycles. The number of hydrogen-bond donors (Lipinski definition) is 0. The predicted octanol–water partition coefficient (Wildman–Crippen LogP) is 12.2. The van der Waals surface area contributed by atoms with Crippen LogP contribution in [0, 0.1) is 18.3 Å². The lowest BCUT2D eigenvalue weighted by atomic mass is 9.97. The van der Waals surface area contributed by atoms with E-state index in [0.29, 0.717) is 5.56 Å². The van der Waals surface area contributed by atoms with Gasteiger partial charge in [0.2, 0.25) is 0 Å². The van der Waals surface area contributed by atoms with Crippen molar-refractivity contribution in [1.29, 1.82) is 5.26 Å². The summed E-state index contributed by atoms with van der Waals surface area (Å²) in [7, 11) is 0. The number of hydrogen-bond acceptors (Lipinski definition) is 2. The van der Waals surface area contributed by atoms with Gasteiger partial charge in [-0.15, -0.1) is 0 Å². The molecule has 0 radical (unpaired) electrons. The molecular formula is C49H31N5. The normalized spacial score (nSPS) is 11.8. The quantitative estimate of drug-likeness (QED) is 0.185. The van der Waals surface area contributed by atoms with Crippen molar-refractivity contribution in [2.45, 2.75) is 6.92 Å². The van der Waals surface area contributed by atoms with Gasteiger partial charge in [-0.1, -0.05) is 72.8 Å². The molecule has 7 aromatic carbocycles. The zero-order valence-electron chi connectivity index (χ0n) is 29.4. The summed E-state index contributed by atoms with van der Waals surface area (Å²) >= 11 is 0. The molecule has 5 nitrogen and oxygen atoms in total. The third-order valence-corrected chi connectivity index (χ3v) is 11.1. The molecule has 4 aromatic heterocycles. The molecule has 54 heavy (non-hydrogen) atoms. The lowest BCUT2D eigenvalue weighted by molar-refractivity contribution is 1.14. The lowest BCUT2D eigenvalue weighted by Gasteiger charge is -2.15. The average Bonchev–Trinajstić information content (AvgIpc) is 3.86. The number of aryl methyl sites for hydroxylation is 1. The van der Waals surface area contributed by atoms with Crippen LogP contribution in [-0.2, 0) is 0 Å². The van der Waals surface area contributed by atoms with Crippen LogP contribution in [0.2, 0.25) is 0 Å². The Balaban J connectivity index is 1.23. The Hall–Kier alpha value is -7.42. The zero-order chi connectivity index (χ0) is 35.9. The van der Waals surface area contributed by atoms with E-state index in [9.17, 15) is 5.26 Å². The Morgan fingerprint density at radius 1 is 0.444 bits per heavy atom. The first kappa shape index (κ1) is 30.2. The fraction of sp³-hybridized carbons (Fsp3) is 0.0204. The minimum absolute atomic E-state index is 0.626. The topological polar surface area (TPSA) is 51.5 Å². The molecule has 0 fully saturated rings. The molecule has 252 valence electrons. The first-order valence-electron chi connectivity index (χ1n) is 18.2. The van der Waals surface area contributed by atoms with Crippen molar-refractivity contribution in [1.82, 2.24) is 18.7 Å². The van der Waals surface area contributed by atoms with Gasteiger partial charge >= 0.3 is 0 Å². The summed E-state index contributed by atoms with van der Waals surface area (Å²) in [5, 5.41) is 17.7. The first-order valence-corrected chi connectivity index (χ1v) is 18.2. The Morgan fingerprint density at radius 3 is 1.31 bits per heavy atom. The first-order chi connectivity index (χ1) is 26.7. The number of aromatic nitrogens is 4. The third kappa shape index (κ3) is 4.28. The minimum atomic E-state index is 0.626. The smallest absolute Gasteiger partial charge is 0.0998 e. The molecule has 0 aliphatic carbocycles. The molecule has 0 unspecified atom stereocenters. The van der Waals surface area contributed by atoms with Crippen molar-refractivity contribution >= 4 is 65.4 Å². The van der Waals surface area contributed by atoms with Crippen LogP contribution in [0.15, 0.2) is 170 Å². The molecule has 11 rings (SSSR count). The van der Waals surface area contributed by atoms with Crippen LogP contribution >= 0.6 is 0 Å². The second-order valence-corrected chi connectivity index (χ2v) is 14.0. The largest absolute Gasteiger partial charge is 0.309 e. The van der Waals surface area contributed by atoms with Crippen LogP contribution in [0.3, 0.4) is 0 Å². The van der Waals surface area contributed by atoms with Crippen molar-refractivity contribution in [3.05, 3.63) is 181 Å². The fourth-order valence-electron chi connectivity index (χ4n) is 8.74. The Bertz CT molecular complexity index is 3080. The SMILES string of the molecule is Cc1cc(-c2ccncc2)c(C#N)cc1-n1c2ccc(-n3c4ccccc4c4ccccc43)cc2c2cc(-n3c4ccccc4c4ccccc43)ccc21. The van der Waals surface area contributed by atoms with E-state index in [4.69, 9.17) is 0 Å². The molecule has 0 atom stereocenters. The summed E-state index contributed by atoms with van der Waals surface area (Å²) in [5.74, 6) is 0. The highest BCUT2D eigenvalue weighted by atomic mass is 15.0. The zero-order valence-corrected chi connectivity index (χ0v) is 29.4. The van der Waals surface area contributed by atoms with E-state index in [1.54, 1.807) is 12.4 Å². The van der Waals surface area contributed by atoms with Crippen molar-refractivity contribution in [2.24, 2.45) is 0 Å². The summed E-state index contributed by atoms with van der Waals surface area (Å²) in [6.45, 7) is 2.14. The number of fused-ring (bicyclic) bond motifs is 9. The van der Waals surface area contributed by atoms with E-state index in [1.807, 2.05) is 18.2 Å². The summed E-state index contributed by atoms with van der Waals surface area (Å²) in [5.41, 5.74) is 13.6. The lowest BCUT2D eigenvalue weighted by Crippen LogP contribution is -2.00. The molecule has 11 aromatic rings. The van der Waals surface area contributed by atoms with Crippen LogP contribution in [-0.4, -0.2) is 18.7 Å². The van der Waals surface area contributed by atoms with Crippen LogP contribution in [0.1, 0.15) is 11.1 Å². The highest BCUT2D eigenvalue weighted by Crippen LogP contribution is 2.40. The highest BCUT2D eigenvalue weighted by molar-refractivity contribution is 6.14. The molecule has 5 heteroatoms. The molecule has 0 saturated heterocycles. The van der Waals surface area contributed by atoms with Gasteiger partial charge in [0.1, 0.15) is 0 Å². The third-order valence-electron chi connectivity index (χ3n) is 11.1. The monoisotopic (exact) mass is 689 g/mol. The van der Waals surface area contributed by atoms with E-state index in [-0.39, 0.29) is 0 Å². The summed E-state index contributed by atoms with van der Waals surface area (Å²) in [4.78, 5) is 4.20. The van der Waals surface area contributed by atoms with Crippen LogP contribution in [0.25, 0.3) is 93.6 Å². The van der Waals surface area contributed by atoms with Gasteiger partial charge in [-0.25, -0.2) is 0 Å². The molecule has 0 bridgehead atoms. The molecule has 0 amide bonds. The maximum absolute atomic E-state index is 10.5. The minimum Gasteiger partial charge on any atom is -0.309 e. The van der Waals surface area contributed by atoms with Gasteiger partial charge in [0.25, 0.3) is 0 Å². The highest BCUT2D eigenvalue weighted by Gasteiger charge is 2.20. The van der Waals surface area contributed by atoms with Gasteiger partial charge in [0.05, 0.1) is 50.4 Å². The number of nitriles is 1.